The van der Waals surface area contributed by atoms with Crippen molar-refractivity contribution in [3.05, 3.63) is 46.8 Å². The lowest BCUT2D eigenvalue weighted by Crippen LogP contribution is -2.49. The number of hydrogen-bond donors (Lipinski definition) is 2. The SMILES string of the molecule is C[C@@H]1CN(c2ccc(C#N)n3ncc(F)c23)Cc2c3c(nn21)CN(CC(=O)N[C@H]1CNC[C@H]1F)[C@@H](C)C3. The number of nitriles is 1. The number of nitrogens with one attached hydrogen (secondary N) is 2. The third-order valence-electron chi connectivity index (χ3n) is 7.80. The predicted octanol–water partition coefficient (Wildman–Crippen LogP) is 1.30. The molecule has 0 aliphatic carbocycles. The van der Waals surface area contributed by atoms with Crippen LogP contribution in [0.3, 0.4) is 0 Å². The van der Waals surface area contributed by atoms with Gasteiger partial charge in [0.15, 0.2) is 5.82 Å². The second kappa shape index (κ2) is 9.08. The Morgan fingerprint density at radius 1 is 1.27 bits per heavy atom. The van der Waals surface area contributed by atoms with Crippen LogP contribution in [0.5, 0.6) is 0 Å². The standard InChI is InChI=1S/C25H29F2N9O/c1-14-5-17-21(11-33(14)13-24(37)31-20-9-29-7-18(20)26)32-35-15(2)10-34(12-23(17)35)22-4-3-16(6-28)36-25(22)19(27)8-30-36/h3-4,8,14-15,18,20,29H,5,7,9-13H2,1-2H3,(H,31,37)/t14-,15+,18+,20-/m0/s1. The zero-order valence-corrected chi connectivity index (χ0v) is 20.8. The number of aromatic nitrogens is 4. The lowest BCUT2D eigenvalue weighted by atomic mass is 9.97. The van der Waals surface area contributed by atoms with Crippen molar-refractivity contribution in [2.45, 2.75) is 57.7 Å². The van der Waals surface area contributed by atoms with E-state index in [0.29, 0.717) is 37.4 Å². The maximum absolute atomic E-state index is 14.7. The highest BCUT2D eigenvalue weighted by molar-refractivity contribution is 5.78. The maximum Gasteiger partial charge on any atom is 0.234 e. The summed E-state index contributed by atoms with van der Waals surface area (Å²) >= 11 is 0. The van der Waals surface area contributed by atoms with Gasteiger partial charge >= 0.3 is 0 Å². The number of nitrogens with zero attached hydrogens (tertiary/aromatic N) is 7. The van der Waals surface area contributed by atoms with Gasteiger partial charge in [0.05, 0.1) is 48.4 Å². The molecule has 3 aromatic heterocycles. The maximum atomic E-state index is 14.7. The van der Waals surface area contributed by atoms with Crippen LogP contribution in [0, 0.1) is 17.1 Å². The van der Waals surface area contributed by atoms with Crippen LogP contribution in [0.15, 0.2) is 18.3 Å². The van der Waals surface area contributed by atoms with Gasteiger partial charge in [-0.3, -0.25) is 14.4 Å². The molecular formula is C25H29F2N9O. The number of halogens is 2. The van der Waals surface area contributed by atoms with Crippen LogP contribution in [-0.2, 0) is 24.3 Å². The Balaban J connectivity index is 1.24. The van der Waals surface area contributed by atoms with E-state index in [2.05, 4.69) is 50.1 Å². The topological polar surface area (TPSA) is 107 Å². The summed E-state index contributed by atoms with van der Waals surface area (Å²) in [5, 5.41) is 24.1. The molecule has 4 atom stereocenters. The van der Waals surface area contributed by atoms with E-state index >= 15 is 0 Å². The Morgan fingerprint density at radius 3 is 2.86 bits per heavy atom. The van der Waals surface area contributed by atoms with Crippen LogP contribution >= 0.6 is 0 Å². The van der Waals surface area contributed by atoms with Crippen LogP contribution in [0.2, 0.25) is 0 Å². The molecular weight excluding hydrogens is 480 g/mol. The average Bonchev–Trinajstić information content (AvgIpc) is 3.56. The number of pyridine rings is 1. The summed E-state index contributed by atoms with van der Waals surface area (Å²) in [6, 6.07) is 5.18. The summed E-state index contributed by atoms with van der Waals surface area (Å²) in [5.74, 6) is -0.640. The van der Waals surface area contributed by atoms with Crippen LogP contribution in [-0.4, -0.2) is 74.6 Å². The Labute approximate surface area is 212 Å². The minimum atomic E-state index is -1.06. The summed E-state index contributed by atoms with van der Waals surface area (Å²) in [4.78, 5) is 16.8. The van der Waals surface area contributed by atoms with E-state index in [4.69, 9.17) is 5.10 Å². The van der Waals surface area contributed by atoms with Gasteiger partial charge in [-0.2, -0.15) is 15.5 Å². The first kappa shape index (κ1) is 23.8. The van der Waals surface area contributed by atoms with E-state index in [-0.39, 0.29) is 36.8 Å². The molecule has 37 heavy (non-hydrogen) atoms. The van der Waals surface area contributed by atoms with E-state index in [1.165, 1.54) is 10.1 Å². The zero-order valence-electron chi connectivity index (χ0n) is 20.8. The molecule has 1 amide bonds. The number of hydrogen-bond acceptors (Lipinski definition) is 7. The highest BCUT2D eigenvalue weighted by atomic mass is 19.1. The van der Waals surface area contributed by atoms with Crippen LogP contribution in [0.4, 0.5) is 14.5 Å². The number of anilines is 1. The molecule has 0 radical (unpaired) electrons. The summed E-state index contributed by atoms with van der Waals surface area (Å²) in [7, 11) is 0. The first-order chi connectivity index (χ1) is 17.8. The van der Waals surface area contributed by atoms with Gasteiger partial charge in [-0.15, -0.1) is 0 Å². The number of amides is 1. The number of carbonyl (C=O) groups excluding carboxylic acids is 1. The lowest BCUT2D eigenvalue weighted by molar-refractivity contribution is -0.124. The zero-order chi connectivity index (χ0) is 25.8. The summed E-state index contributed by atoms with van der Waals surface area (Å²) < 4.78 is 32.1. The van der Waals surface area contributed by atoms with Gasteiger partial charge in [-0.1, -0.05) is 0 Å². The Morgan fingerprint density at radius 2 is 2.11 bits per heavy atom. The van der Waals surface area contributed by atoms with Crippen molar-refractivity contribution >= 4 is 17.1 Å². The minimum absolute atomic E-state index is 0.0411. The van der Waals surface area contributed by atoms with Crippen LogP contribution in [0.25, 0.3) is 5.52 Å². The molecule has 3 aliphatic rings. The number of alkyl halides is 1. The smallest absolute Gasteiger partial charge is 0.234 e. The van der Waals surface area contributed by atoms with Crippen molar-refractivity contribution in [1.29, 1.82) is 5.26 Å². The summed E-state index contributed by atoms with van der Waals surface area (Å²) in [6.07, 6.45) is 0.814. The molecule has 6 heterocycles. The first-order valence-electron chi connectivity index (χ1n) is 12.6. The van der Waals surface area contributed by atoms with Gasteiger partial charge < -0.3 is 15.5 Å². The van der Waals surface area contributed by atoms with E-state index in [9.17, 15) is 18.8 Å². The van der Waals surface area contributed by atoms with Crippen molar-refractivity contribution < 1.29 is 13.6 Å². The molecule has 2 N–H and O–H groups in total. The lowest BCUT2D eigenvalue weighted by Gasteiger charge is -2.36. The van der Waals surface area contributed by atoms with E-state index in [1.54, 1.807) is 12.1 Å². The summed E-state index contributed by atoms with van der Waals surface area (Å²) in [5.41, 5.74) is 4.47. The van der Waals surface area contributed by atoms with E-state index in [1.807, 2.05) is 0 Å². The van der Waals surface area contributed by atoms with Gasteiger partial charge in [0.2, 0.25) is 5.91 Å². The van der Waals surface area contributed by atoms with E-state index < -0.39 is 18.0 Å². The van der Waals surface area contributed by atoms with Crippen molar-refractivity contribution in [3.63, 3.8) is 0 Å². The summed E-state index contributed by atoms with van der Waals surface area (Å²) in [6.45, 7) is 6.80. The number of rotatable bonds is 4. The minimum Gasteiger partial charge on any atom is -0.362 e. The molecule has 0 saturated carbocycles. The quantitative estimate of drug-likeness (QED) is 0.546. The highest BCUT2D eigenvalue weighted by Gasteiger charge is 2.35. The first-order valence-corrected chi connectivity index (χ1v) is 12.6. The molecule has 194 valence electrons. The molecule has 6 rings (SSSR count). The monoisotopic (exact) mass is 509 g/mol. The molecule has 1 fully saturated rings. The second-order valence-electron chi connectivity index (χ2n) is 10.3. The van der Waals surface area contributed by atoms with E-state index in [0.717, 1.165) is 24.0 Å². The van der Waals surface area contributed by atoms with Crippen molar-refractivity contribution in [2.75, 3.05) is 31.1 Å². The van der Waals surface area contributed by atoms with Gasteiger partial charge in [0, 0.05) is 37.8 Å². The molecule has 0 aromatic carbocycles. The molecule has 0 unspecified atom stereocenters. The second-order valence-corrected chi connectivity index (χ2v) is 10.3. The van der Waals surface area contributed by atoms with Crippen LogP contribution in [0.1, 0.15) is 42.5 Å². The Kier molecular flexibility index (Phi) is 5.84. The van der Waals surface area contributed by atoms with Crippen molar-refractivity contribution in [3.8, 4) is 6.07 Å². The molecule has 0 bridgehead atoms. The fraction of sp³-hybridized carbons (Fsp3) is 0.520. The fourth-order valence-electron chi connectivity index (χ4n) is 5.87. The van der Waals surface area contributed by atoms with Crippen LogP contribution < -0.4 is 15.5 Å². The third kappa shape index (κ3) is 4.02. The largest absolute Gasteiger partial charge is 0.362 e. The molecule has 1 saturated heterocycles. The van der Waals surface area contributed by atoms with Gasteiger partial charge in [0.25, 0.3) is 0 Å². The Hall–Kier alpha value is -3.56. The molecule has 3 aromatic rings. The number of fused-ring (bicyclic) bond motifs is 4. The van der Waals surface area contributed by atoms with Gasteiger partial charge in [-0.25, -0.2) is 13.3 Å². The van der Waals surface area contributed by atoms with Crippen molar-refractivity contribution in [2.24, 2.45) is 0 Å². The van der Waals surface area contributed by atoms with Crippen molar-refractivity contribution in [1.82, 2.24) is 34.9 Å². The van der Waals surface area contributed by atoms with Gasteiger partial charge in [0.1, 0.15) is 23.5 Å². The predicted molar refractivity (Wildman–Crippen MR) is 131 cm³/mol. The molecule has 12 heteroatoms. The molecule has 0 spiro atoms. The normalized spacial score (nSPS) is 25.6. The molecule has 10 nitrogen and oxygen atoms in total. The average molecular weight is 510 g/mol. The fourth-order valence-corrected chi connectivity index (χ4v) is 5.87. The highest BCUT2D eigenvalue weighted by Crippen LogP contribution is 2.35. The Bertz CT molecular complexity index is 1410. The third-order valence-corrected chi connectivity index (χ3v) is 7.80. The number of carbonyl (C=O) groups is 1. The molecule has 3 aliphatic heterocycles. The van der Waals surface area contributed by atoms with Gasteiger partial charge in [-0.05, 0) is 32.4 Å².